The van der Waals surface area contributed by atoms with Crippen LogP contribution in [0.5, 0.6) is 0 Å². The van der Waals surface area contributed by atoms with Crippen molar-refractivity contribution in [3.63, 3.8) is 0 Å². The molecule has 0 N–H and O–H groups in total. The summed E-state index contributed by atoms with van der Waals surface area (Å²) in [6.45, 7) is 2.78. The molecule has 0 bridgehead atoms. The molecule has 3 amide bonds. The fraction of sp³-hybridized carbons (Fsp3) is 0.500. The molecule has 1 aromatic rings. The van der Waals surface area contributed by atoms with Gasteiger partial charge in [-0.1, -0.05) is 18.2 Å². The monoisotopic (exact) mass is 329 g/mol. The standard InChI is InChI=1S/C18H23N3O3/c1-13(22)19(2)15-9-10-20(11-15)18(24)12-21-16-6-4-3-5-14(16)7-8-17(21)23/h3-6,15H,7-12H2,1-2H3/t15-/m1/s1. The molecule has 1 fully saturated rings. The van der Waals surface area contributed by atoms with Crippen molar-refractivity contribution in [2.24, 2.45) is 0 Å². The van der Waals surface area contributed by atoms with Crippen LogP contribution in [-0.4, -0.2) is 60.2 Å². The van der Waals surface area contributed by atoms with Crippen molar-refractivity contribution in [1.29, 1.82) is 0 Å². The summed E-state index contributed by atoms with van der Waals surface area (Å²) in [5.41, 5.74) is 1.96. The number of hydrogen-bond acceptors (Lipinski definition) is 3. The molecule has 0 aliphatic carbocycles. The van der Waals surface area contributed by atoms with E-state index in [1.807, 2.05) is 24.3 Å². The third kappa shape index (κ3) is 3.13. The zero-order chi connectivity index (χ0) is 17.3. The number of hydrogen-bond donors (Lipinski definition) is 0. The minimum Gasteiger partial charge on any atom is -0.341 e. The van der Waals surface area contributed by atoms with Gasteiger partial charge in [-0.05, 0) is 24.5 Å². The molecule has 0 aromatic heterocycles. The van der Waals surface area contributed by atoms with Gasteiger partial charge in [-0.25, -0.2) is 0 Å². The van der Waals surface area contributed by atoms with Crippen LogP contribution in [0.4, 0.5) is 5.69 Å². The number of likely N-dealkylation sites (tertiary alicyclic amines) is 1. The van der Waals surface area contributed by atoms with Gasteiger partial charge in [0.05, 0.1) is 6.04 Å². The average Bonchev–Trinajstić information content (AvgIpc) is 3.06. The molecule has 2 aliphatic rings. The van der Waals surface area contributed by atoms with Gasteiger partial charge in [-0.3, -0.25) is 14.4 Å². The van der Waals surface area contributed by atoms with E-state index in [1.165, 1.54) is 6.92 Å². The van der Waals surface area contributed by atoms with E-state index in [0.717, 1.165) is 24.1 Å². The summed E-state index contributed by atoms with van der Waals surface area (Å²) < 4.78 is 0. The van der Waals surface area contributed by atoms with Gasteiger partial charge in [-0.15, -0.1) is 0 Å². The van der Waals surface area contributed by atoms with Gasteiger partial charge < -0.3 is 14.7 Å². The van der Waals surface area contributed by atoms with Crippen LogP contribution in [0, 0.1) is 0 Å². The first-order valence-corrected chi connectivity index (χ1v) is 8.37. The summed E-state index contributed by atoms with van der Waals surface area (Å²) in [5.74, 6) is -0.0485. The number of carbonyl (C=O) groups excluding carboxylic acids is 3. The maximum atomic E-state index is 12.6. The van der Waals surface area contributed by atoms with Crippen molar-refractivity contribution in [1.82, 2.24) is 9.80 Å². The zero-order valence-electron chi connectivity index (χ0n) is 14.2. The maximum absolute atomic E-state index is 12.6. The molecule has 3 rings (SSSR count). The topological polar surface area (TPSA) is 60.9 Å². The lowest BCUT2D eigenvalue weighted by Gasteiger charge is -2.30. The number of anilines is 1. The van der Waals surface area contributed by atoms with Crippen molar-refractivity contribution in [3.8, 4) is 0 Å². The number of aryl methyl sites for hydroxylation is 1. The van der Waals surface area contributed by atoms with E-state index in [0.29, 0.717) is 19.5 Å². The van der Waals surface area contributed by atoms with Gasteiger partial charge >= 0.3 is 0 Å². The fourth-order valence-corrected chi connectivity index (χ4v) is 3.45. The molecule has 6 nitrogen and oxygen atoms in total. The second-order valence-corrected chi connectivity index (χ2v) is 6.52. The highest BCUT2D eigenvalue weighted by Gasteiger charge is 2.32. The van der Waals surface area contributed by atoms with Crippen LogP contribution < -0.4 is 4.90 Å². The third-order valence-electron chi connectivity index (χ3n) is 5.05. The van der Waals surface area contributed by atoms with Crippen LogP contribution in [0.25, 0.3) is 0 Å². The lowest BCUT2D eigenvalue weighted by molar-refractivity contribution is -0.132. The van der Waals surface area contributed by atoms with E-state index < -0.39 is 0 Å². The van der Waals surface area contributed by atoms with Gasteiger partial charge in [0.25, 0.3) is 0 Å². The van der Waals surface area contributed by atoms with Crippen molar-refractivity contribution in [2.45, 2.75) is 32.2 Å². The number of nitrogens with zero attached hydrogens (tertiary/aromatic N) is 3. The molecule has 6 heteroatoms. The van der Waals surface area contributed by atoms with Gasteiger partial charge in [0.15, 0.2) is 0 Å². The molecular formula is C18H23N3O3. The summed E-state index contributed by atoms with van der Waals surface area (Å²) in [6, 6.07) is 7.82. The van der Waals surface area contributed by atoms with Crippen LogP contribution in [0.1, 0.15) is 25.3 Å². The second-order valence-electron chi connectivity index (χ2n) is 6.52. The summed E-state index contributed by atoms with van der Waals surface area (Å²) in [7, 11) is 1.77. The van der Waals surface area contributed by atoms with Crippen molar-refractivity contribution in [3.05, 3.63) is 29.8 Å². The summed E-state index contributed by atoms with van der Waals surface area (Å²) in [6.07, 6.45) is 1.96. The highest BCUT2D eigenvalue weighted by atomic mass is 16.2. The Kier molecular flexibility index (Phi) is 4.55. The third-order valence-corrected chi connectivity index (χ3v) is 5.05. The predicted molar refractivity (Wildman–Crippen MR) is 90.5 cm³/mol. The zero-order valence-corrected chi connectivity index (χ0v) is 14.2. The molecule has 128 valence electrons. The minimum atomic E-state index is -0.0560. The molecule has 2 heterocycles. The number of likely N-dealkylation sites (N-methyl/N-ethyl adjacent to an activating group) is 1. The van der Waals surface area contributed by atoms with Gasteiger partial charge in [0.2, 0.25) is 17.7 Å². The molecule has 1 atom stereocenters. The van der Waals surface area contributed by atoms with E-state index in [9.17, 15) is 14.4 Å². The second kappa shape index (κ2) is 6.63. The van der Waals surface area contributed by atoms with Gasteiger partial charge in [0, 0.05) is 39.2 Å². The highest BCUT2D eigenvalue weighted by molar-refractivity contribution is 6.01. The molecule has 2 aliphatic heterocycles. The normalized spacial score (nSPS) is 20.1. The molecule has 0 spiro atoms. The summed E-state index contributed by atoms with van der Waals surface area (Å²) >= 11 is 0. The van der Waals surface area contributed by atoms with E-state index in [4.69, 9.17) is 0 Å². The first-order valence-electron chi connectivity index (χ1n) is 8.37. The molecular weight excluding hydrogens is 306 g/mol. The van der Waals surface area contributed by atoms with E-state index >= 15 is 0 Å². The number of para-hydroxylation sites is 1. The largest absolute Gasteiger partial charge is 0.341 e. The van der Waals surface area contributed by atoms with Crippen molar-refractivity contribution in [2.75, 3.05) is 31.6 Å². The first kappa shape index (κ1) is 16.5. The van der Waals surface area contributed by atoms with Crippen molar-refractivity contribution < 1.29 is 14.4 Å². The highest BCUT2D eigenvalue weighted by Crippen LogP contribution is 2.27. The summed E-state index contributed by atoms with van der Waals surface area (Å²) in [5, 5.41) is 0. The Morgan fingerprint density at radius 1 is 1.25 bits per heavy atom. The summed E-state index contributed by atoms with van der Waals surface area (Å²) in [4.78, 5) is 41.4. The van der Waals surface area contributed by atoms with Crippen LogP contribution in [-0.2, 0) is 20.8 Å². The van der Waals surface area contributed by atoms with Crippen LogP contribution in [0.15, 0.2) is 24.3 Å². The van der Waals surface area contributed by atoms with Crippen LogP contribution in [0.3, 0.4) is 0 Å². The van der Waals surface area contributed by atoms with Crippen molar-refractivity contribution >= 4 is 23.4 Å². The maximum Gasteiger partial charge on any atom is 0.242 e. The number of amides is 3. The number of carbonyl (C=O) groups is 3. The Morgan fingerprint density at radius 2 is 2.00 bits per heavy atom. The molecule has 0 unspecified atom stereocenters. The lowest BCUT2D eigenvalue weighted by atomic mass is 10.0. The van der Waals surface area contributed by atoms with E-state index in [-0.39, 0.29) is 30.3 Å². The number of rotatable bonds is 3. The van der Waals surface area contributed by atoms with Crippen LogP contribution in [0.2, 0.25) is 0 Å². The Balaban J connectivity index is 1.67. The SMILES string of the molecule is CC(=O)N(C)[C@@H]1CCN(C(=O)CN2C(=O)CCc3ccccc32)C1. The van der Waals surface area contributed by atoms with Gasteiger partial charge in [0.1, 0.15) is 6.54 Å². The van der Waals surface area contributed by atoms with E-state index in [2.05, 4.69) is 0 Å². The van der Waals surface area contributed by atoms with Crippen LogP contribution >= 0.6 is 0 Å². The minimum absolute atomic E-state index is 0.00125. The predicted octanol–water partition coefficient (Wildman–Crippen LogP) is 1.05. The smallest absolute Gasteiger partial charge is 0.242 e. The number of fused-ring (bicyclic) bond motifs is 1. The Hall–Kier alpha value is -2.37. The number of benzene rings is 1. The van der Waals surface area contributed by atoms with Gasteiger partial charge in [-0.2, -0.15) is 0 Å². The Bertz CT molecular complexity index is 673. The Labute approximate surface area is 142 Å². The average molecular weight is 329 g/mol. The molecule has 1 saturated heterocycles. The fourth-order valence-electron chi connectivity index (χ4n) is 3.45. The molecule has 0 saturated carbocycles. The Morgan fingerprint density at radius 3 is 2.75 bits per heavy atom. The van der Waals surface area contributed by atoms with E-state index in [1.54, 1.807) is 21.7 Å². The molecule has 24 heavy (non-hydrogen) atoms. The lowest BCUT2D eigenvalue weighted by Crippen LogP contribution is -2.45. The molecule has 1 aromatic carbocycles. The first-order chi connectivity index (χ1) is 11.5. The quantitative estimate of drug-likeness (QED) is 0.833. The molecule has 0 radical (unpaired) electrons.